The molecule has 12 nitrogen and oxygen atoms in total. The van der Waals surface area contributed by atoms with E-state index in [1.54, 1.807) is 16.7 Å². The van der Waals surface area contributed by atoms with Crippen molar-refractivity contribution >= 4 is 23.5 Å². The molecule has 4 fully saturated rings. The van der Waals surface area contributed by atoms with Gasteiger partial charge in [0.15, 0.2) is 0 Å². The van der Waals surface area contributed by atoms with Gasteiger partial charge in [0, 0.05) is 56.1 Å². The Kier molecular flexibility index (Phi) is 16.7. The predicted octanol–water partition coefficient (Wildman–Crippen LogP) is 5.11. The third-order valence-electron chi connectivity index (χ3n) is 11.2. The summed E-state index contributed by atoms with van der Waals surface area (Å²) < 4.78 is 0. The third kappa shape index (κ3) is 11.9. The van der Waals surface area contributed by atoms with Crippen LogP contribution in [0.4, 0.5) is 11.6 Å². The minimum Gasteiger partial charge on any atom is -0.356 e. The lowest BCUT2D eigenvalue weighted by molar-refractivity contribution is -0.132. The van der Waals surface area contributed by atoms with Crippen molar-refractivity contribution in [3.05, 3.63) is 47.8 Å². The zero-order valence-electron chi connectivity index (χ0n) is 33.3. The van der Waals surface area contributed by atoms with E-state index in [0.29, 0.717) is 25.7 Å². The summed E-state index contributed by atoms with van der Waals surface area (Å²) in [7, 11) is 0. The molecule has 2 aromatic rings. The van der Waals surface area contributed by atoms with E-state index in [1.165, 1.54) is 11.1 Å². The van der Waals surface area contributed by atoms with Gasteiger partial charge in [-0.25, -0.2) is 9.97 Å². The minimum absolute atomic E-state index is 0. The molecule has 0 saturated carbocycles. The van der Waals surface area contributed by atoms with Crippen LogP contribution >= 0.6 is 0 Å². The van der Waals surface area contributed by atoms with Gasteiger partial charge in [-0.15, -0.1) is 12.8 Å². The maximum absolute atomic E-state index is 12.7. The quantitative estimate of drug-likeness (QED) is 0.379. The molecule has 0 bridgehead atoms. The monoisotopic (exact) mass is 763 g/mol. The number of nitrogens with zero attached hydrogens (tertiary/aromatic N) is 8. The molecule has 3 N–H and O–H groups in total. The van der Waals surface area contributed by atoms with Crippen LogP contribution in [0.5, 0.6) is 0 Å². The number of nitriles is 2. The summed E-state index contributed by atoms with van der Waals surface area (Å²) in [6, 6.07) is 11.4. The van der Waals surface area contributed by atoms with Crippen molar-refractivity contribution in [3.8, 4) is 36.8 Å². The molecule has 4 aliphatic rings. The van der Waals surface area contributed by atoms with Crippen LogP contribution in [0.25, 0.3) is 0 Å². The molecule has 4 aliphatic heterocycles. The summed E-state index contributed by atoms with van der Waals surface area (Å²) in [6.45, 7) is 14.3. The highest BCUT2D eigenvalue weighted by atomic mass is 16.2. The smallest absolute Gasteiger partial charge is 0.238 e. The molecule has 12 heteroatoms. The summed E-state index contributed by atoms with van der Waals surface area (Å²) in [5.74, 6) is 7.20. The van der Waals surface area contributed by atoms with Gasteiger partial charge >= 0.3 is 0 Å². The number of amides is 2. The third-order valence-corrected chi connectivity index (χ3v) is 11.2. The highest BCUT2D eigenvalue weighted by molar-refractivity contribution is 5.80. The number of terminal acetylenes is 2. The SMILES string of the molecule is C.C#C[C@H]1CC[C@@H](C#N)N1C(=O)CC.C#C[C@H]1CC[C@@H](C#N)N1C(=O)CNC1(C)CCN(c2cc(C)ccn2)CC1.Cc1ccnc(N2CCC(C)(N)CC2)c1. The van der Waals surface area contributed by atoms with E-state index in [0.717, 1.165) is 69.9 Å². The molecule has 0 unspecified atom stereocenters. The second kappa shape index (κ2) is 20.7. The Morgan fingerprint density at radius 1 is 0.786 bits per heavy atom. The van der Waals surface area contributed by atoms with E-state index in [2.05, 4.69) is 88.9 Å². The molecule has 0 radical (unpaired) electrons. The average Bonchev–Trinajstić information content (AvgIpc) is 3.81. The van der Waals surface area contributed by atoms with Crippen molar-refractivity contribution in [2.45, 2.75) is 135 Å². The Balaban J connectivity index is 0.000000245. The maximum Gasteiger partial charge on any atom is 0.238 e. The lowest BCUT2D eigenvalue weighted by Gasteiger charge is -2.41. The molecule has 0 aromatic carbocycles. The van der Waals surface area contributed by atoms with Crippen LogP contribution in [0, 0.1) is 61.2 Å². The van der Waals surface area contributed by atoms with Crippen molar-refractivity contribution in [2.75, 3.05) is 42.5 Å². The number of hydrogen-bond acceptors (Lipinski definition) is 10. The predicted molar refractivity (Wildman–Crippen MR) is 223 cm³/mol. The van der Waals surface area contributed by atoms with Crippen LogP contribution in [-0.4, -0.2) is 99.6 Å². The lowest BCUT2D eigenvalue weighted by Crippen LogP contribution is -2.55. The number of anilines is 2. The van der Waals surface area contributed by atoms with Crippen molar-refractivity contribution < 1.29 is 9.59 Å². The number of hydrogen-bond donors (Lipinski definition) is 2. The van der Waals surface area contributed by atoms with Gasteiger partial charge in [-0.3, -0.25) is 9.59 Å². The number of rotatable bonds is 6. The summed E-state index contributed by atoms with van der Waals surface area (Å²) in [6.07, 6.45) is 21.7. The van der Waals surface area contributed by atoms with Crippen LogP contribution < -0.4 is 20.9 Å². The molecule has 6 rings (SSSR count). The number of carbonyl (C=O) groups excluding carboxylic acids is 2. The van der Waals surface area contributed by atoms with E-state index >= 15 is 0 Å². The Hall–Kier alpha value is -5.14. The van der Waals surface area contributed by atoms with Gasteiger partial charge in [0.1, 0.15) is 23.7 Å². The van der Waals surface area contributed by atoms with Crippen LogP contribution in [-0.2, 0) is 9.59 Å². The van der Waals surface area contributed by atoms with E-state index in [9.17, 15) is 14.9 Å². The number of aromatic nitrogens is 2. The first-order chi connectivity index (χ1) is 26.3. The second-order valence-electron chi connectivity index (χ2n) is 15.7. The number of aryl methyl sites for hydroxylation is 2. The molecule has 0 spiro atoms. The highest BCUT2D eigenvalue weighted by Gasteiger charge is 2.38. The average molecular weight is 763 g/mol. The largest absolute Gasteiger partial charge is 0.356 e. The van der Waals surface area contributed by atoms with Crippen LogP contribution in [0.2, 0.25) is 0 Å². The zero-order chi connectivity index (χ0) is 40.2. The topological polar surface area (TPSA) is 159 Å². The Morgan fingerprint density at radius 3 is 1.59 bits per heavy atom. The molecule has 6 heterocycles. The minimum atomic E-state index is -0.401. The molecule has 2 amide bonds. The molecule has 2 aromatic heterocycles. The van der Waals surface area contributed by atoms with E-state index in [1.807, 2.05) is 24.5 Å². The number of carbonyl (C=O) groups is 2. The van der Waals surface area contributed by atoms with E-state index in [4.69, 9.17) is 23.8 Å². The number of pyridine rings is 2. The molecule has 300 valence electrons. The van der Waals surface area contributed by atoms with Crippen molar-refractivity contribution in [1.29, 1.82) is 10.5 Å². The summed E-state index contributed by atoms with van der Waals surface area (Å²) in [5.41, 5.74) is 8.48. The van der Waals surface area contributed by atoms with Crippen LogP contribution in [0.1, 0.15) is 97.1 Å². The molecular formula is C44H62N10O2. The Labute approximate surface area is 335 Å². The lowest BCUT2D eigenvalue weighted by atomic mass is 9.89. The van der Waals surface area contributed by atoms with Crippen molar-refractivity contribution in [3.63, 3.8) is 0 Å². The van der Waals surface area contributed by atoms with Crippen molar-refractivity contribution in [1.82, 2.24) is 25.1 Å². The van der Waals surface area contributed by atoms with Gasteiger partial charge in [0.05, 0.1) is 30.8 Å². The summed E-state index contributed by atoms with van der Waals surface area (Å²) in [4.78, 5) is 40.7. The van der Waals surface area contributed by atoms with Gasteiger partial charge in [-0.1, -0.05) is 26.2 Å². The number of nitrogens with two attached hydrogens (primary N) is 1. The highest BCUT2D eigenvalue weighted by Crippen LogP contribution is 2.28. The molecule has 4 atom stereocenters. The number of nitrogens with one attached hydrogen (secondary N) is 1. The van der Waals surface area contributed by atoms with Crippen molar-refractivity contribution in [2.24, 2.45) is 5.73 Å². The van der Waals surface area contributed by atoms with Gasteiger partial charge in [0.25, 0.3) is 0 Å². The Morgan fingerprint density at radius 2 is 1.20 bits per heavy atom. The number of piperidine rings is 2. The second-order valence-corrected chi connectivity index (χ2v) is 15.7. The van der Waals surface area contributed by atoms with Crippen LogP contribution in [0.15, 0.2) is 36.7 Å². The number of likely N-dealkylation sites (tertiary alicyclic amines) is 2. The zero-order valence-corrected chi connectivity index (χ0v) is 33.3. The maximum atomic E-state index is 12.7. The summed E-state index contributed by atoms with van der Waals surface area (Å²) in [5, 5.41) is 21.5. The molecule has 56 heavy (non-hydrogen) atoms. The van der Waals surface area contributed by atoms with E-state index in [-0.39, 0.29) is 55.0 Å². The Bertz CT molecular complexity index is 1740. The molecule has 4 saturated heterocycles. The normalized spacial score (nSPS) is 23.3. The molecular weight excluding hydrogens is 701 g/mol. The first-order valence-corrected chi connectivity index (χ1v) is 19.5. The first-order valence-electron chi connectivity index (χ1n) is 19.5. The molecule has 0 aliphatic carbocycles. The van der Waals surface area contributed by atoms with Gasteiger partial charge in [0.2, 0.25) is 11.8 Å². The van der Waals surface area contributed by atoms with Crippen LogP contribution in [0.3, 0.4) is 0 Å². The van der Waals surface area contributed by atoms with E-state index < -0.39 is 6.04 Å². The fourth-order valence-corrected chi connectivity index (χ4v) is 7.50. The summed E-state index contributed by atoms with van der Waals surface area (Å²) >= 11 is 0. The van der Waals surface area contributed by atoms with Gasteiger partial charge in [-0.2, -0.15) is 10.5 Å². The standard InChI is InChI=1S/C21H27N5O.C12H19N3.C10H12N2O.CH4/c1-4-17-5-6-18(14-22)26(17)20(27)15-24-21(3)8-11-25(12-9-21)19-13-16(2)7-10-23-19;1-10-3-6-14-11(9-10)15-7-4-12(2,13)5-8-15;1-3-8-5-6-9(7-11)12(8)10(13)4-2;/h1,7,10,13,17-18,24H,5-6,8-9,11-12,15H2,2-3H3;3,6,9H,4-5,7-8,13H2,1-2H3;1,8-9H,4-6H2,2H3;1H4/t17-,18-;;8-,9-;/m0.0./s1. The van der Waals surface area contributed by atoms with Gasteiger partial charge in [-0.05, 0) is 114 Å². The van der Waals surface area contributed by atoms with Gasteiger partial charge < -0.3 is 30.7 Å². The fourth-order valence-electron chi connectivity index (χ4n) is 7.50. The fraction of sp³-hybridized carbons (Fsp3) is 0.591. The first kappa shape index (κ1) is 45.3.